The molecule has 0 fully saturated rings. The van der Waals surface area contributed by atoms with Crippen molar-refractivity contribution in [3.05, 3.63) is 108 Å². The second-order valence-corrected chi connectivity index (χ2v) is 9.45. The van der Waals surface area contributed by atoms with Gasteiger partial charge in [-0.25, -0.2) is 19.2 Å². The Hall–Kier alpha value is -5.38. The van der Waals surface area contributed by atoms with Crippen molar-refractivity contribution in [1.29, 1.82) is 0 Å². The molecule has 0 aliphatic carbocycles. The van der Waals surface area contributed by atoms with Gasteiger partial charge in [-0.2, -0.15) is 0 Å². The van der Waals surface area contributed by atoms with Gasteiger partial charge in [-0.05, 0) is 86.1 Å². The van der Waals surface area contributed by atoms with E-state index in [9.17, 15) is 19.2 Å². The third kappa shape index (κ3) is 10.8. The Morgan fingerprint density at radius 1 is 0.682 bits per heavy atom. The Kier molecular flexibility index (Phi) is 12.7. The molecule has 3 rings (SSSR count). The lowest BCUT2D eigenvalue weighted by Crippen LogP contribution is -2.11. The molecule has 0 radical (unpaired) electrons. The van der Waals surface area contributed by atoms with Gasteiger partial charge in [0.15, 0.2) is 0 Å². The maximum absolute atomic E-state index is 12.7. The summed E-state index contributed by atoms with van der Waals surface area (Å²) in [6.07, 6.45) is 2.11. The zero-order chi connectivity index (χ0) is 31.9. The lowest BCUT2D eigenvalue weighted by atomic mass is 10.2. The van der Waals surface area contributed by atoms with Crippen molar-refractivity contribution in [3.63, 3.8) is 0 Å². The Morgan fingerprint density at radius 3 is 1.68 bits per heavy atom. The molecule has 3 aromatic carbocycles. The summed E-state index contributed by atoms with van der Waals surface area (Å²) >= 11 is 0. The van der Waals surface area contributed by atoms with E-state index in [2.05, 4.69) is 13.2 Å². The molecule has 10 heteroatoms. The van der Waals surface area contributed by atoms with Crippen LogP contribution in [0.1, 0.15) is 46.0 Å². The van der Waals surface area contributed by atoms with E-state index in [1.165, 1.54) is 6.07 Å². The van der Waals surface area contributed by atoms with Gasteiger partial charge in [-0.1, -0.05) is 13.2 Å². The van der Waals surface area contributed by atoms with Gasteiger partial charge >= 0.3 is 23.9 Å². The summed E-state index contributed by atoms with van der Waals surface area (Å²) in [7, 11) is 0. The van der Waals surface area contributed by atoms with E-state index < -0.39 is 23.9 Å². The minimum atomic E-state index is -0.563. The number of hydrogen-bond acceptors (Lipinski definition) is 10. The average molecular weight is 603 g/mol. The highest BCUT2D eigenvalue weighted by Gasteiger charge is 2.14. The predicted octanol–water partition coefficient (Wildman–Crippen LogP) is 5.82. The maximum Gasteiger partial charge on any atom is 0.343 e. The van der Waals surface area contributed by atoms with Crippen LogP contribution in [0, 0.1) is 6.92 Å². The highest BCUT2D eigenvalue weighted by atomic mass is 16.5. The van der Waals surface area contributed by atoms with Crippen LogP contribution in [0.25, 0.3) is 0 Å². The molecule has 0 aromatic heterocycles. The fourth-order valence-electron chi connectivity index (χ4n) is 3.52. The van der Waals surface area contributed by atoms with Crippen molar-refractivity contribution < 1.29 is 47.6 Å². The lowest BCUT2D eigenvalue weighted by Gasteiger charge is -2.11. The van der Waals surface area contributed by atoms with E-state index >= 15 is 0 Å². The van der Waals surface area contributed by atoms with Crippen LogP contribution in [-0.2, 0) is 19.1 Å². The quantitative estimate of drug-likeness (QED) is 0.0857. The zero-order valence-corrected chi connectivity index (χ0v) is 24.7. The maximum atomic E-state index is 12.7. The van der Waals surface area contributed by atoms with E-state index in [-0.39, 0.29) is 19.0 Å². The molecular weight excluding hydrogens is 568 g/mol. The van der Waals surface area contributed by atoms with Gasteiger partial charge in [-0.3, -0.25) is 0 Å². The summed E-state index contributed by atoms with van der Waals surface area (Å²) in [6.45, 7) is 11.3. The van der Waals surface area contributed by atoms with Crippen LogP contribution in [0.4, 0.5) is 0 Å². The molecule has 0 unspecified atom stereocenters. The molecule has 230 valence electrons. The van der Waals surface area contributed by atoms with Crippen molar-refractivity contribution in [2.75, 3.05) is 26.4 Å². The molecule has 0 saturated carbocycles. The molecule has 0 N–H and O–H groups in total. The van der Waals surface area contributed by atoms with E-state index in [4.69, 9.17) is 28.4 Å². The smallest absolute Gasteiger partial charge is 0.343 e. The SMILES string of the molecule is C=CC(=O)OCCCOc1ccc(C(=O)Oc2ccc(OC(=O)c3ccc(OCCCOC(=O)C(=C)C)cc3)c(C)c2)cc1. The molecule has 0 saturated heterocycles. The topological polar surface area (TPSA) is 124 Å². The summed E-state index contributed by atoms with van der Waals surface area (Å²) < 4.78 is 32.1. The first kappa shape index (κ1) is 33.1. The van der Waals surface area contributed by atoms with Crippen LogP contribution in [0.5, 0.6) is 23.0 Å². The van der Waals surface area contributed by atoms with Crippen molar-refractivity contribution in [3.8, 4) is 23.0 Å². The Morgan fingerprint density at radius 2 is 1.18 bits per heavy atom. The lowest BCUT2D eigenvalue weighted by molar-refractivity contribution is -0.139. The molecule has 0 aliphatic rings. The fourth-order valence-corrected chi connectivity index (χ4v) is 3.52. The number of esters is 4. The van der Waals surface area contributed by atoms with Crippen molar-refractivity contribution in [1.82, 2.24) is 0 Å². The van der Waals surface area contributed by atoms with E-state index in [1.807, 2.05) is 0 Å². The van der Waals surface area contributed by atoms with Crippen LogP contribution >= 0.6 is 0 Å². The highest BCUT2D eigenvalue weighted by Crippen LogP contribution is 2.26. The third-order valence-corrected chi connectivity index (χ3v) is 5.85. The van der Waals surface area contributed by atoms with Crippen LogP contribution in [0.3, 0.4) is 0 Å². The summed E-state index contributed by atoms with van der Waals surface area (Å²) in [5.74, 6) is -0.323. The first-order chi connectivity index (χ1) is 21.2. The van der Waals surface area contributed by atoms with Gasteiger partial charge in [-0.15, -0.1) is 0 Å². The largest absolute Gasteiger partial charge is 0.493 e. The van der Waals surface area contributed by atoms with Gasteiger partial charge in [0.1, 0.15) is 23.0 Å². The van der Waals surface area contributed by atoms with Crippen LogP contribution in [0.2, 0.25) is 0 Å². The molecule has 0 spiro atoms. The number of hydrogen-bond donors (Lipinski definition) is 0. The van der Waals surface area contributed by atoms with E-state index in [0.717, 1.165) is 6.08 Å². The van der Waals surface area contributed by atoms with Gasteiger partial charge in [0, 0.05) is 24.5 Å². The summed E-state index contributed by atoms with van der Waals surface area (Å²) in [6, 6.07) is 17.6. The van der Waals surface area contributed by atoms with Crippen LogP contribution in [-0.4, -0.2) is 50.3 Å². The molecular formula is C34H34O10. The summed E-state index contributed by atoms with van der Waals surface area (Å²) in [5.41, 5.74) is 1.59. The van der Waals surface area contributed by atoms with E-state index in [1.54, 1.807) is 74.5 Å². The van der Waals surface area contributed by atoms with Crippen LogP contribution in [0.15, 0.2) is 91.5 Å². The molecule has 0 heterocycles. The number of carbonyl (C=O) groups is 4. The average Bonchev–Trinajstić information content (AvgIpc) is 3.02. The predicted molar refractivity (Wildman–Crippen MR) is 161 cm³/mol. The summed E-state index contributed by atoms with van der Waals surface area (Å²) in [5, 5.41) is 0. The molecule has 3 aromatic rings. The number of rotatable bonds is 16. The second-order valence-electron chi connectivity index (χ2n) is 9.45. The van der Waals surface area contributed by atoms with Crippen LogP contribution < -0.4 is 18.9 Å². The molecule has 44 heavy (non-hydrogen) atoms. The molecule has 0 bridgehead atoms. The molecule has 10 nitrogen and oxygen atoms in total. The third-order valence-electron chi connectivity index (χ3n) is 5.85. The van der Waals surface area contributed by atoms with Gasteiger partial charge in [0.2, 0.25) is 0 Å². The number of benzene rings is 3. The van der Waals surface area contributed by atoms with Gasteiger partial charge < -0.3 is 28.4 Å². The normalized spacial score (nSPS) is 10.2. The van der Waals surface area contributed by atoms with Gasteiger partial charge in [0.25, 0.3) is 0 Å². The first-order valence-electron chi connectivity index (χ1n) is 13.8. The second kappa shape index (κ2) is 16.9. The van der Waals surface area contributed by atoms with Crippen molar-refractivity contribution in [2.45, 2.75) is 26.7 Å². The molecule has 0 amide bonds. The number of aryl methyl sites for hydroxylation is 1. The van der Waals surface area contributed by atoms with Crippen molar-refractivity contribution in [2.24, 2.45) is 0 Å². The standard InChI is InChI=1S/C34H34O10/c1-5-31(35)41-20-6-18-39-27-12-8-25(9-13-27)33(37)43-29-16-17-30(24(4)22-29)44-34(38)26-10-14-28(15-11-26)40-19-7-21-42-32(36)23(2)3/h5,8-17,22H,1-2,6-7,18-21H2,3-4H3. The summed E-state index contributed by atoms with van der Waals surface area (Å²) in [4.78, 5) is 47.7. The number of carbonyl (C=O) groups excluding carboxylic acids is 4. The van der Waals surface area contributed by atoms with E-state index in [0.29, 0.717) is 65.6 Å². The Balaban J connectivity index is 1.44. The Labute approximate surface area is 255 Å². The minimum Gasteiger partial charge on any atom is -0.493 e. The minimum absolute atomic E-state index is 0.218. The molecule has 0 atom stereocenters. The van der Waals surface area contributed by atoms with Crippen molar-refractivity contribution >= 4 is 23.9 Å². The Bertz CT molecular complexity index is 1470. The number of ether oxygens (including phenoxy) is 6. The highest BCUT2D eigenvalue weighted by molar-refractivity contribution is 5.92. The molecule has 0 aliphatic heterocycles. The zero-order valence-electron chi connectivity index (χ0n) is 24.7. The monoisotopic (exact) mass is 602 g/mol. The van der Waals surface area contributed by atoms with Gasteiger partial charge in [0.05, 0.1) is 37.6 Å². The first-order valence-corrected chi connectivity index (χ1v) is 13.8. The fraction of sp³-hybridized carbons (Fsp3) is 0.235.